The molecule has 32 heavy (non-hydrogen) atoms. The summed E-state index contributed by atoms with van der Waals surface area (Å²) in [5.74, 6) is 0.655. The second-order valence-corrected chi connectivity index (χ2v) is 9.16. The summed E-state index contributed by atoms with van der Waals surface area (Å²) in [5.41, 5.74) is 2.12. The number of benzene rings is 3. The van der Waals surface area contributed by atoms with Gasteiger partial charge in [0, 0.05) is 41.7 Å². The number of ether oxygens (including phenoxy) is 1. The Bertz CT molecular complexity index is 1280. The predicted octanol–water partition coefficient (Wildman–Crippen LogP) is 5.26. The molecule has 166 valence electrons. The standard InChI is InChI=1S/C25H25ClN2O3S/c1-32(30)27-24(29)14-15-28-17-19(25-21(26)11-5-12-22(25)28)9-6-16-31-23-13-4-8-18-7-2-3-10-20(18)23/h2-5,7-8,10-13,17H,6,9,14-16H2,1H3,(H,27,29). The molecule has 0 radical (unpaired) electrons. The molecule has 4 aromatic rings. The number of aromatic nitrogens is 1. The SMILES string of the molecule is CS(=O)NC(=O)CCn1cc(CCCOc2cccc3ccccc23)c2c(Cl)cccc21. The largest absolute Gasteiger partial charge is 0.493 e. The zero-order chi connectivity index (χ0) is 22.5. The lowest BCUT2D eigenvalue weighted by Gasteiger charge is -2.09. The summed E-state index contributed by atoms with van der Waals surface area (Å²) in [6.07, 6.45) is 5.40. The first kappa shape index (κ1) is 22.4. The Morgan fingerprint density at radius 1 is 1.09 bits per heavy atom. The average molecular weight is 469 g/mol. The molecule has 5 nitrogen and oxygen atoms in total. The van der Waals surface area contributed by atoms with Crippen LogP contribution in [0.15, 0.2) is 66.9 Å². The van der Waals surface area contributed by atoms with Crippen LogP contribution in [0, 0.1) is 0 Å². The van der Waals surface area contributed by atoms with Crippen molar-refractivity contribution < 1.29 is 13.7 Å². The van der Waals surface area contributed by atoms with E-state index in [9.17, 15) is 9.00 Å². The monoisotopic (exact) mass is 468 g/mol. The maximum absolute atomic E-state index is 11.9. The van der Waals surface area contributed by atoms with Gasteiger partial charge in [0.15, 0.2) is 0 Å². The first-order valence-electron chi connectivity index (χ1n) is 10.5. The van der Waals surface area contributed by atoms with Gasteiger partial charge < -0.3 is 9.30 Å². The Balaban J connectivity index is 1.44. The summed E-state index contributed by atoms with van der Waals surface area (Å²) in [4.78, 5) is 11.9. The van der Waals surface area contributed by atoms with E-state index in [1.807, 2.05) is 47.0 Å². The molecule has 1 aromatic heterocycles. The van der Waals surface area contributed by atoms with Crippen molar-refractivity contribution in [3.05, 3.63) is 77.4 Å². The van der Waals surface area contributed by atoms with Crippen LogP contribution >= 0.6 is 11.6 Å². The Morgan fingerprint density at radius 3 is 2.72 bits per heavy atom. The van der Waals surface area contributed by atoms with Crippen molar-refractivity contribution in [2.24, 2.45) is 0 Å². The molecule has 1 unspecified atom stereocenters. The number of aryl methyl sites for hydroxylation is 2. The molecule has 0 aliphatic rings. The topological polar surface area (TPSA) is 60.3 Å². The predicted molar refractivity (Wildman–Crippen MR) is 132 cm³/mol. The lowest BCUT2D eigenvalue weighted by molar-refractivity contribution is -0.119. The van der Waals surface area contributed by atoms with E-state index in [1.54, 1.807) is 0 Å². The first-order valence-corrected chi connectivity index (χ1v) is 12.5. The van der Waals surface area contributed by atoms with Crippen LogP contribution in [0.2, 0.25) is 5.02 Å². The average Bonchev–Trinajstić information content (AvgIpc) is 3.14. The van der Waals surface area contributed by atoms with E-state index >= 15 is 0 Å². The van der Waals surface area contributed by atoms with Crippen LogP contribution in [0.1, 0.15) is 18.4 Å². The third kappa shape index (κ3) is 5.14. The van der Waals surface area contributed by atoms with Gasteiger partial charge in [-0.15, -0.1) is 0 Å². The van der Waals surface area contributed by atoms with Gasteiger partial charge in [0.2, 0.25) is 5.91 Å². The number of fused-ring (bicyclic) bond motifs is 2. The molecular weight excluding hydrogens is 444 g/mol. The zero-order valence-electron chi connectivity index (χ0n) is 17.8. The summed E-state index contributed by atoms with van der Waals surface area (Å²) < 4.78 is 21.7. The number of rotatable bonds is 9. The van der Waals surface area contributed by atoms with Crippen LogP contribution < -0.4 is 9.46 Å². The third-order valence-electron chi connectivity index (χ3n) is 5.37. The van der Waals surface area contributed by atoms with Crippen LogP contribution in [0.5, 0.6) is 5.75 Å². The van der Waals surface area contributed by atoms with Gasteiger partial charge in [-0.1, -0.05) is 54.1 Å². The normalized spacial score (nSPS) is 12.2. The summed E-state index contributed by atoms with van der Waals surface area (Å²) in [6, 6.07) is 20.1. The molecule has 1 N–H and O–H groups in total. The quantitative estimate of drug-likeness (QED) is 0.341. The van der Waals surface area contributed by atoms with Gasteiger partial charge in [-0.3, -0.25) is 9.52 Å². The molecule has 1 heterocycles. The van der Waals surface area contributed by atoms with Crippen molar-refractivity contribution in [3.8, 4) is 5.75 Å². The molecule has 0 bridgehead atoms. The van der Waals surface area contributed by atoms with Crippen molar-refractivity contribution in [1.82, 2.24) is 9.29 Å². The Labute approximate surface area is 194 Å². The van der Waals surface area contributed by atoms with E-state index < -0.39 is 11.0 Å². The highest BCUT2D eigenvalue weighted by molar-refractivity contribution is 7.82. The number of carbonyl (C=O) groups is 1. The zero-order valence-corrected chi connectivity index (χ0v) is 19.4. The number of nitrogens with one attached hydrogen (secondary N) is 1. The highest BCUT2D eigenvalue weighted by Gasteiger charge is 2.13. The van der Waals surface area contributed by atoms with Crippen LogP contribution in [-0.2, 0) is 28.7 Å². The highest BCUT2D eigenvalue weighted by Crippen LogP contribution is 2.30. The van der Waals surface area contributed by atoms with E-state index in [0.717, 1.165) is 45.8 Å². The molecule has 0 spiro atoms. The van der Waals surface area contributed by atoms with Gasteiger partial charge in [-0.25, -0.2) is 4.21 Å². The van der Waals surface area contributed by atoms with Crippen LogP contribution in [0.25, 0.3) is 21.7 Å². The molecule has 1 amide bonds. The molecular formula is C25H25ClN2O3S. The maximum Gasteiger partial charge on any atom is 0.233 e. The highest BCUT2D eigenvalue weighted by atomic mass is 35.5. The molecule has 0 aliphatic carbocycles. The fraction of sp³-hybridized carbons (Fsp3) is 0.240. The lowest BCUT2D eigenvalue weighted by atomic mass is 10.1. The summed E-state index contributed by atoms with van der Waals surface area (Å²) in [7, 11) is -1.35. The second kappa shape index (κ2) is 10.2. The van der Waals surface area contributed by atoms with E-state index in [0.29, 0.717) is 18.2 Å². The van der Waals surface area contributed by atoms with E-state index in [2.05, 4.69) is 29.1 Å². The summed E-state index contributed by atoms with van der Waals surface area (Å²) in [5, 5.41) is 3.99. The fourth-order valence-electron chi connectivity index (χ4n) is 3.97. The van der Waals surface area contributed by atoms with Gasteiger partial charge in [0.25, 0.3) is 0 Å². The smallest absolute Gasteiger partial charge is 0.233 e. The summed E-state index contributed by atoms with van der Waals surface area (Å²) in [6.45, 7) is 1.09. The molecule has 1 atom stereocenters. The molecule has 7 heteroatoms. The van der Waals surface area contributed by atoms with Gasteiger partial charge >= 0.3 is 0 Å². The number of halogens is 1. The number of nitrogens with zero attached hydrogens (tertiary/aromatic N) is 1. The number of amides is 1. The number of hydrogen-bond acceptors (Lipinski definition) is 3. The Kier molecular flexibility index (Phi) is 7.12. The molecule has 3 aromatic carbocycles. The second-order valence-electron chi connectivity index (χ2n) is 7.64. The van der Waals surface area contributed by atoms with E-state index in [-0.39, 0.29) is 12.3 Å². The van der Waals surface area contributed by atoms with Crippen LogP contribution in [-0.4, -0.2) is 27.5 Å². The Morgan fingerprint density at radius 2 is 1.88 bits per heavy atom. The van der Waals surface area contributed by atoms with Crippen molar-refractivity contribution in [1.29, 1.82) is 0 Å². The minimum absolute atomic E-state index is 0.236. The van der Waals surface area contributed by atoms with Crippen molar-refractivity contribution >= 4 is 50.2 Å². The number of carbonyl (C=O) groups excluding carboxylic acids is 1. The molecule has 0 saturated carbocycles. The van der Waals surface area contributed by atoms with E-state index in [4.69, 9.17) is 16.3 Å². The van der Waals surface area contributed by atoms with Crippen molar-refractivity contribution in [2.75, 3.05) is 12.9 Å². The Hall–Kier alpha value is -2.83. The van der Waals surface area contributed by atoms with Gasteiger partial charge in [-0.2, -0.15) is 0 Å². The molecule has 0 saturated heterocycles. The number of hydrogen-bond donors (Lipinski definition) is 1. The molecule has 0 fully saturated rings. The van der Waals surface area contributed by atoms with Gasteiger partial charge in [-0.05, 0) is 42.0 Å². The first-order chi connectivity index (χ1) is 15.5. The minimum Gasteiger partial charge on any atom is -0.493 e. The van der Waals surface area contributed by atoms with E-state index in [1.165, 1.54) is 6.26 Å². The van der Waals surface area contributed by atoms with Crippen molar-refractivity contribution in [3.63, 3.8) is 0 Å². The van der Waals surface area contributed by atoms with Crippen molar-refractivity contribution in [2.45, 2.75) is 25.8 Å². The lowest BCUT2D eigenvalue weighted by Crippen LogP contribution is -2.25. The third-order valence-corrected chi connectivity index (χ3v) is 6.20. The van der Waals surface area contributed by atoms with Gasteiger partial charge in [0.05, 0.1) is 11.6 Å². The minimum atomic E-state index is -1.35. The van der Waals surface area contributed by atoms with Crippen LogP contribution in [0.4, 0.5) is 0 Å². The molecule has 0 aliphatic heterocycles. The maximum atomic E-state index is 11.9. The van der Waals surface area contributed by atoms with Crippen LogP contribution in [0.3, 0.4) is 0 Å². The van der Waals surface area contributed by atoms with Gasteiger partial charge in [0.1, 0.15) is 16.7 Å². The fourth-order valence-corrected chi connectivity index (χ4v) is 4.68. The summed E-state index contributed by atoms with van der Waals surface area (Å²) >= 11 is 6.52. The molecule has 4 rings (SSSR count).